The summed E-state index contributed by atoms with van der Waals surface area (Å²) in [5.41, 5.74) is 1.31. The highest BCUT2D eigenvalue weighted by atomic mass is 79.9. The van der Waals surface area contributed by atoms with Crippen LogP contribution in [-0.4, -0.2) is 11.1 Å². The van der Waals surface area contributed by atoms with E-state index >= 15 is 0 Å². The quantitative estimate of drug-likeness (QED) is 0.741. The lowest BCUT2D eigenvalue weighted by Crippen LogP contribution is -2.02. The maximum absolute atomic E-state index is 11.3. The van der Waals surface area contributed by atoms with Gasteiger partial charge in [0, 0.05) is 5.92 Å². The molecule has 0 N–H and O–H groups in total. The van der Waals surface area contributed by atoms with Crippen molar-refractivity contribution in [3.8, 4) is 0 Å². The molecule has 1 aromatic rings. The Balaban J connectivity index is 2.04. The Morgan fingerprint density at radius 1 is 1.38 bits per heavy atom. The van der Waals surface area contributed by atoms with Crippen LogP contribution in [0.15, 0.2) is 30.3 Å². The van der Waals surface area contributed by atoms with Gasteiger partial charge < -0.3 is 0 Å². The number of Topliss-reactive ketones (excluding diaryl/α,β-unsaturated/α-hetero) is 1. The fraction of sp³-hybridized carbons (Fsp3) is 0.364. The van der Waals surface area contributed by atoms with Gasteiger partial charge in [-0.2, -0.15) is 0 Å². The molecular formula is C11H11BrO. The minimum absolute atomic E-state index is 0.279. The summed E-state index contributed by atoms with van der Waals surface area (Å²) in [5, 5.41) is 0.501. The zero-order chi connectivity index (χ0) is 9.26. The zero-order valence-corrected chi connectivity index (χ0v) is 8.83. The highest BCUT2D eigenvalue weighted by Gasteiger charge is 2.42. The van der Waals surface area contributed by atoms with Crippen molar-refractivity contribution in [1.29, 1.82) is 0 Å². The summed E-state index contributed by atoms with van der Waals surface area (Å²) in [6.45, 7) is 0. The molecule has 2 atom stereocenters. The normalized spacial score (nSPS) is 25.6. The van der Waals surface area contributed by atoms with Crippen molar-refractivity contribution in [2.45, 2.75) is 12.3 Å². The average molecular weight is 239 g/mol. The molecule has 0 heterocycles. The Labute approximate surface area is 86.3 Å². The minimum Gasteiger partial charge on any atom is -0.298 e. The number of carbonyl (C=O) groups excluding carboxylic acids is 1. The van der Waals surface area contributed by atoms with Crippen LogP contribution < -0.4 is 0 Å². The molecule has 13 heavy (non-hydrogen) atoms. The maximum atomic E-state index is 11.3. The first-order valence-electron chi connectivity index (χ1n) is 4.46. The molecule has 0 radical (unpaired) electrons. The number of benzene rings is 1. The number of hydrogen-bond donors (Lipinski definition) is 0. The summed E-state index contributed by atoms with van der Waals surface area (Å²) in [6.07, 6.45) is 1.04. The summed E-state index contributed by atoms with van der Waals surface area (Å²) in [4.78, 5) is 11.3. The van der Waals surface area contributed by atoms with Crippen LogP contribution in [0, 0.1) is 5.92 Å². The number of rotatable bonds is 3. The van der Waals surface area contributed by atoms with E-state index in [1.807, 2.05) is 18.2 Å². The first-order valence-corrected chi connectivity index (χ1v) is 5.58. The molecule has 0 aliphatic heterocycles. The van der Waals surface area contributed by atoms with Gasteiger partial charge in [-0.15, -0.1) is 0 Å². The smallest absolute Gasteiger partial charge is 0.147 e. The molecule has 2 heteroatoms. The molecular weight excluding hydrogens is 228 g/mol. The molecule has 1 aliphatic carbocycles. The standard InChI is InChI=1S/C11H11BrO/c12-7-11(13)10-6-9(10)8-4-2-1-3-5-8/h1-5,9-10H,6-7H2/t9-,10?/m1/s1. The average Bonchev–Trinajstić information content (AvgIpc) is 2.98. The molecule has 1 saturated carbocycles. The number of ketones is 1. The van der Waals surface area contributed by atoms with Crippen molar-refractivity contribution in [3.63, 3.8) is 0 Å². The topological polar surface area (TPSA) is 17.1 Å². The largest absolute Gasteiger partial charge is 0.298 e. The number of carbonyl (C=O) groups is 1. The summed E-state index contributed by atoms with van der Waals surface area (Å²) in [6, 6.07) is 10.3. The van der Waals surface area contributed by atoms with Crippen LogP contribution in [0.2, 0.25) is 0 Å². The van der Waals surface area contributed by atoms with Crippen LogP contribution in [0.4, 0.5) is 0 Å². The summed E-state index contributed by atoms with van der Waals surface area (Å²) in [5.74, 6) is 1.11. The van der Waals surface area contributed by atoms with E-state index in [-0.39, 0.29) is 5.92 Å². The summed E-state index contributed by atoms with van der Waals surface area (Å²) in [7, 11) is 0. The lowest BCUT2D eigenvalue weighted by atomic mass is 10.1. The fourth-order valence-corrected chi connectivity index (χ4v) is 2.13. The molecule has 1 nitrogen and oxygen atoms in total. The van der Waals surface area contributed by atoms with Gasteiger partial charge in [0.05, 0.1) is 5.33 Å². The van der Waals surface area contributed by atoms with Crippen LogP contribution in [0.5, 0.6) is 0 Å². The van der Waals surface area contributed by atoms with Gasteiger partial charge in [-0.05, 0) is 17.9 Å². The zero-order valence-electron chi connectivity index (χ0n) is 7.24. The molecule has 1 aromatic carbocycles. The highest BCUT2D eigenvalue weighted by molar-refractivity contribution is 9.09. The molecule has 0 spiro atoms. The molecule has 0 bridgehead atoms. The molecule has 1 aliphatic rings. The van der Waals surface area contributed by atoms with Gasteiger partial charge in [0.15, 0.2) is 0 Å². The second kappa shape index (κ2) is 3.62. The lowest BCUT2D eigenvalue weighted by Gasteiger charge is -1.97. The first-order chi connectivity index (χ1) is 6.33. The van der Waals surface area contributed by atoms with Crippen molar-refractivity contribution in [1.82, 2.24) is 0 Å². The molecule has 1 fully saturated rings. The molecule has 0 amide bonds. The second-order valence-corrected chi connectivity index (χ2v) is 4.02. The summed E-state index contributed by atoms with van der Waals surface area (Å²) < 4.78 is 0. The van der Waals surface area contributed by atoms with Crippen molar-refractivity contribution in [2.75, 3.05) is 5.33 Å². The Morgan fingerprint density at radius 2 is 2.08 bits per heavy atom. The predicted octanol–water partition coefficient (Wildman–Crippen LogP) is 2.75. The Kier molecular flexibility index (Phi) is 2.49. The Bertz CT molecular complexity index is 307. The third kappa shape index (κ3) is 1.83. The van der Waals surface area contributed by atoms with E-state index in [9.17, 15) is 4.79 Å². The Morgan fingerprint density at radius 3 is 2.69 bits per heavy atom. The van der Waals surface area contributed by atoms with Gasteiger partial charge in [-0.25, -0.2) is 0 Å². The third-order valence-electron chi connectivity index (χ3n) is 2.56. The fourth-order valence-electron chi connectivity index (χ4n) is 1.72. The number of hydrogen-bond acceptors (Lipinski definition) is 1. The van der Waals surface area contributed by atoms with E-state index in [0.29, 0.717) is 17.0 Å². The van der Waals surface area contributed by atoms with Crippen molar-refractivity contribution in [3.05, 3.63) is 35.9 Å². The van der Waals surface area contributed by atoms with Gasteiger partial charge in [-0.3, -0.25) is 4.79 Å². The second-order valence-electron chi connectivity index (χ2n) is 3.46. The van der Waals surface area contributed by atoms with Gasteiger partial charge in [0.2, 0.25) is 0 Å². The van der Waals surface area contributed by atoms with E-state index in [0.717, 1.165) is 6.42 Å². The van der Waals surface area contributed by atoms with E-state index in [1.165, 1.54) is 5.56 Å². The van der Waals surface area contributed by atoms with Crippen LogP contribution in [0.1, 0.15) is 17.9 Å². The van der Waals surface area contributed by atoms with Crippen LogP contribution in [0.3, 0.4) is 0 Å². The van der Waals surface area contributed by atoms with Crippen molar-refractivity contribution in [2.24, 2.45) is 5.92 Å². The molecule has 1 unspecified atom stereocenters. The van der Waals surface area contributed by atoms with Crippen molar-refractivity contribution < 1.29 is 4.79 Å². The van der Waals surface area contributed by atoms with E-state index in [2.05, 4.69) is 28.1 Å². The molecule has 0 saturated heterocycles. The van der Waals surface area contributed by atoms with Crippen molar-refractivity contribution >= 4 is 21.7 Å². The van der Waals surface area contributed by atoms with E-state index < -0.39 is 0 Å². The van der Waals surface area contributed by atoms with E-state index in [4.69, 9.17) is 0 Å². The monoisotopic (exact) mass is 238 g/mol. The minimum atomic E-state index is 0.279. The van der Waals surface area contributed by atoms with E-state index in [1.54, 1.807) is 0 Å². The SMILES string of the molecule is O=C(CBr)C1C[C@@H]1c1ccccc1. The van der Waals surface area contributed by atoms with Gasteiger partial charge in [0.1, 0.15) is 5.78 Å². The highest BCUT2D eigenvalue weighted by Crippen LogP contribution is 2.47. The maximum Gasteiger partial charge on any atom is 0.147 e. The van der Waals surface area contributed by atoms with Crippen LogP contribution in [-0.2, 0) is 4.79 Å². The van der Waals surface area contributed by atoms with Gasteiger partial charge >= 0.3 is 0 Å². The molecule has 68 valence electrons. The predicted molar refractivity (Wildman–Crippen MR) is 56.1 cm³/mol. The number of halogens is 1. The Hall–Kier alpha value is -0.630. The first kappa shape index (κ1) is 8.95. The molecule has 2 rings (SSSR count). The summed E-state index contributed by atoms with van der Waals surface area (Å²) >= 11 is 3.21. The van der Waals surface area contributed by atoms with Gasteiger partial charge in [0.25, 0.3) is 0 Å². The number of alkyl halides is 1. The lowest BCUT2D eigenvalue weighted by molar-refractivity contribution is -0.117. The third-order valence-corrected chi connectivity index (χ3v) is 3.12. The van der Waals surface area contributed by atoms with Crippen LogP contribution >= 0.6 is 15.9 Å². The molecule has 0 aromatic heterocycles. The van der Waals surface area contributed by atoms with Gasteiger partial charge in [-0.1, -0.05) is 46.3 Å². The van der Waals surface area contributed by atoms with Crippen LogP contribution in [0.25, 0.3) is 0 Å².